The third-order valence-corrected chi connectivity index (χ3v) is 2.88. The van der Waals surface area contributed by atoms with E-state index in [9.17, 15) is 4.79 Å². The smallest absolute Gasteiger partial charge is 0.309 e. The van der Waals surface area contributed by atoms with E-state index < -0.39 is 0 Å². The van der Waals surface area contributed by atoms with Crippen molar-refractivity contribution in [3.05, 3.63) is 11.6 Å². The van der Waals surface area contributed by atoms with Crippen LogP contribution in [0.15, 0.2) is 11.6 Å². The predicted octanol–water partition coefficient (Wildman–Crippen LogP) is 2.93. The molecular formula is C12H20O2. The summed E-state index contributed by atoms with van der Waals surface area (Å²) < 4.78 is 5.19. The van der Waals surface area contributed by atoms with Crippen molar-refractivity contribution >= 4 is 5.97 Å². The second kappa shape index (κ2) is 5.18. The minimum Gasteiger partial charge on any atom is -0.461 e. The number of rotatable bonds is 3. The Kier molecular flexibility index (Phi) is 4.18. The number of carbonyl (C=O) groups is 1. The van der Waals surface area contributed by atoms with Gasteiger partial charge in [-0.25, -0.2) is 0 Å². The first-order chi connectivity index (χ1) is 6.61. The summed E-state index contributed by atoms with van der Waals surface area (Å²) in [6, 6.07) is 0. The number of carbonyl (C=O) groups excluding carboxylic acids is 1. The van der Waals surface area contributed by atoms with Crippen molar-refractivity contribution < 1.29 is 9.53 Å². The van der Waals surface area contributed by atoms with Gasteiger partial charge in [-0.15, -0.1) is 0 Å². The monoisotopic (exact) mass is 196 g/mol. The fourth-order valence-corrected chi connectivity index (χ4v) is 1.89. The average Bonchev–Trinajstić information content (AvgIpc) is 2.50. The Hall–Kier alpha value is -0.790. The Morgan fingerprint density at radius 1 is 1.43 bits per heavy atom. The summed E-state index contributed by atoms with van der Waals surface area (Å²) >= 11 is 0. The van der Waals surface area contributed by atoms with Crippen LogP contribution in [0.25, 0.3) is 0 Å². The van der Waals surface area contributed by atoms with Crippen molar-refractivity contribution in [2.24, 2.45) is 11.8 Å². The molecule has 0 aromatic carbocycles. The fraction of sp³-hybridized carbons (Fsp3) is 0.750. The van der Waals surface area contributed by atoms with Crippen molar-refractivity contribution in [3.8, 4) is 0 Å². The topological polar surface area (TPSA) is 26.3 Å². The van der Waals surface area contributed by atoms with Crippen LogP contribution in [0.1, 0.15) is 40.0 Å². The van der Waals surface area contributed by atoms with Crippen molar-refractivity contribution in [1.29, 1.82) is 0 Å². The molecule has 1 rings (SSSR count). The van der Waals surface area contributed by atoms with Gasteiger partial charge in [0.05, 0.1) is 5.92 Å². The Bertz CT molecular complexity index is 226. The molecule has 0 heterocycles. The average molecular weight is 196 g/mol. The highest BCUT2D eigenvalue weighted by Crippen LogP contribution is 2.31. The van der Waals surface area contributed by atoms with Crippen molar-refractivity contribution in [2.45, 2.75) is 40.0 Å². The van der Waals surface area contributed by atoms with Crippen molar-refractivity contribution in [1.82, 2.24) is 0 Å². The second-order valence-electron chi connectivity index (χ2n) is 4.43. The van der Waals surface area contributed by atoms with Crippen LogP contribution >= 0.6 is 0 Å². The van der Waals surface area contributed by atoms with Crippen LogP contribution in [-0.4, -0.2) is 12.6 Å². The highest BCUT2D eigenvalue weighted by molar-refractivity contribution is 5.73. The number of hydrogen-bond acceptors (Lipinski definition) is 2. The standard InChI is InChI=1S/C12H20O2/c1-9(2)7-8-14-12(13)11-6-4-5-10(11)3/h7,10-11H,4-6,8H2,1-3H3/t10-,11-/m1/s1. The van der Waals surface area contributed by atoms with Crippen molar-refractivity contribution in [3.63, 3.8) is 0 Å². The first-order valence-corrected chi connectivity index (χ1v) is 5.41. The summed E-state index contributed by atoms with van der Waals surface area (Å²) in [5.74, 6) is 0.655. The van der Waals surface area contributed by atoms with E-state index in [1.54, 1.807) is 0 Å². The van der Waals surface area contributed by atoms with E-state index in [0.29, 0.717) is 12.5 Å². The van der Waals surface area contributed by atoms with Gasteiger partial charge >= 0.3 is 5.97 Å². The number of esters is 1. The van der Waals surface area contributed by atoms with Crippen LogP contribution in [0.5, 0.6) is 0 Å². The lowest BCUT2D eigenvalue weighted by Gasteiger charge is -2.13. The quantitative estimate of drug-likeness (QED) is 0.512. The van der Waals surface area contributed by atoms with E-state index in [2.05, 4.69) is 6.92 Å². The third kappa shape index (κ3) is 3.17. The predicted molar refractivity (Wildman–Crippen MR) is 56.9 cm³/mol. The molecule has 0 amide bonds. The number of ether oxygens (including phenoxy) is 1. The molecule has 0 unspecified atom stereocenters. The van der Waals surface area contributed by atoms with E-state index in [-0.39, 0.29) is 11.9 Å². The molecular weight excluding hydrogens is 176 g/mol. The molecule has 2 atom stereocenters. The van der Waals surface area contributed by atoms with E-state index in [1.165, 1.54) is 18.4 Å². The molecule has 0 radical (unpaired) electrons. The molecule has 0 spiro atoms. The van der Waals surface area contributed by atoms with Gasteiger partial charge in [0, 0.05) is 0 Å². The van der Waals surface area contributed by atoms with Crippen LogP contribution < -0.4 is 0 Å². The minimum atomic E-state index is -0.00694. The van der Waals surface area contributed by atoms with Gasteiger partial charge in [-0.2, -0.15) is 0 Å². The minimum absolute atomic E-state index is 0.00694. The van der Waals surface area contributed by atoms with Crippen molar-refractivity contribution in [2.75, 3.05) is 6.61 Å². The van der Waals surface area contributed by atoms with Gasteiger partial charge in [-0.1, -0.05) is 18.9 Å². The van der Waals surface area contributed by atoms with Gasteiger partial charge in [-0.05, 0) is 38.7 Å². The van der Waals surface area contributed by atoms with Gasteiger partial charge in [0.2, 0.25) is 0 Å². The maximum atomic E-state index is 11.6. The Morgan fingerprint density at radius 2 is 2.14 bits per heavy atom. The first kappa shape index (κ1) is 11.3. The largest absolute Gasteiger partial charge is 0.461 e. The molecule has 1 fully saturated rings. The Labute approximate surface area is 86.3 Å². The fourth-order valence-electron chi connectivity index (χ4n) is 1.89. The second-order valence-corrected chi connectivity index (χ2v) is 4.43. The van der Waals surface area contributed by atoms with Gasteiger partial charge in [-0.3, -0.25) is 4.79 Å². The summed E-state index contributed by atoms with van der Waals surface area (Å²) in [5.41, 5.74) is 1.19. The van der Waals surface area contributed by atoms with Crippen LogP contribution in [0.3, 0.4) is 0 Å². The van der Waals surface area contributed by atoms with Gasteiger partial charge in [0.1, 0.15) is 6.61 Å². The van der Waals surface area contributed by atoms with Crippen LogP contribution in [0.2, 0.25) is 0 Å². The van der Waals surface area contributed by atoms with Crippen LogP contribution in [0, 0.1) is 11.8 Å². The molecule has 1 aliphatic rings. The zero-order chi connectivity index (χ0) is 10.6. The maximum Gasteiger partial charge on any atom is 0.309 e. The van der Waals surface area contributed by atoms with Gasteiger partial charge < -0.3 is 4.74 Å². The van der Waals surface area contributed by atoms with Crippen LogP contribution in [-0.2, 0) is 9.53 Å². The zero-order valence-corrected chi connectivity index (χ0v) is 9.38. The summed E-state index contributed by atoms with van der Waals surface area (Å²) in [6.45, 7) is 6.59. The van der Waals surface area contributed by atoms with E-state index in [1.807, 2.05) is 19.9 Å². The summed E-state index contributed by atoms with van der Waals surface area (Å²) in [6.07, 6.45) is 5.29. The Morgan fingerprint density at radius 3 is 2.64 bits per heavy atom. The normalized spacial score (nSPS) is 25.9. The highest BCUT2D eigenvalue weighted by atomic mass is 16.5. The molecule has 0 bridgehead atoms. The lowest BCUT2D eigenvalue weighted by Crippen LogP contribution is -2.19. The molecule has 0 aromatic rings. The summed E-state index contributed by atoms with van der Waals surface area (Å²) in [5, 5.41) is 0. The summed E-state index contributed by atoms with van der Waals surface area (Å²) in [4.78, 5) is 11.6. The third-order valence-electron chi connectivity index (χ3n) is 2.88. The molecule has 0 aromatic heterocycles. The van der Waals surface area contributed by atoms with Gasteiger partial charge in [0.15, 0.2) is 0 Å². The molecule has 1 saturated carbocycles. The lowest BCUT2D eigenvalue weighted by molar-refractivity contribution is -0.148. The Balaban J connectivity index is 2.31. The molecule has 0 aliphatic heterocycles. The van der Waals surface area contributed by atoms with E-state index >= 15 is 0 Å². The van der Waals surface area contributed by atoms with Gasteiger partial charge in [0.25, 0.3) is 0 Å². The molecule has 80 valence electrons. The maximum absolute atomic E-state index is 11.6. The number of allylic oxidation sites excluding steroid dienone is 1. The van der Waals surface area contributed by atoms with E-state index in [0.717, 1.165) is 6.42 Å². The molecule has 14 heavy (non-hydrogen) atoms. The van der Waals surface area contributed by atoms with E-state index in [4.69, 9.17) is 4.74 Å². The lowest BCUT2D eigenvalue weighted by atomic mass is 9.99. The SMILES string of the molecule is CC(C)=CCOC(=O)[C@@H]1CCC[C@H]1C. The molecule has 0 saturated heterocycles. The molecule has 2 nitrogen and oxygen atoms in total. The molecule has 2 heteroatoms. The zero-order valence-electron chi connectivity index (χ0n) is 9.38. The summed E-state index contributed by atoms with van der Waals surface area (Å²) in [7, 11) is 0. The number of hydrogen-bond donors (Lipinski definition) is 0. The highest BCUT2D eigenvalue weighted by Gasteiger charge is 2.30. The molecule has 1 aliphatic carbocycles. The van der Waals surface area contributed by atoms with Crippen LogP contribution in [0.4, 0.5) is 0 Å². The first-order valence-electron chi connectivity index (χ1n) is 5.41. The molecule has 0 N–H and O–H groups in total.